The maximum atomic E-state index is 13.2. The molecule has 0 heterocycles. The molecule has 1 N–H and O–H groups in total. The minimum absolute atomic E-state index is 0.212. The van der Waals surface area contributed by atoms with Crippen molar-refractivity contribution in [2.75, 3.05) is 13.7 Å². The van der Waals surface area contributed by atoms with Crippen molar-refractivity contribution in [2.24, 2.45) is 17.8 Å². The van der Waals surface area contributed by atoms with Gasteiger partial charge >= 0.3 is 5.97 Å². The number of benzene rings is 1. The molecule has 0 bridgehead atoms. The Bertz CT molecular complexity index is 849. The molecule has 5 atom stereocenters. The van der Waals surface area contributed by atoms with Crippen molar-refractivity contribution in [1.29, 1.82) is 0 Å². The first-order chi connectivity index (χ1) is 19.8. The number of carbonyl (C=O) groups is 1. The number of hydrogen-bond acceptors (Lipinski definition) is 5. The van der Waals surface area contributed by atoms with Gasteiger partial charge in [-0.15, -0.1) is 6.58 Å². The van der Waals surface area contributed by atoms with E-state index in [1.807, 2.05) is 36.4 Å². The fraction of sp³-hybridized carbons (Fsp3) is 0.743. The minimum Gasteiger partial charge on any atom is -0.469 e. The van der Waals surface area contributed by atoms with E-state index in [-0.39, 0.29) is 17.5 Å². The van der Waals surface area contributed by atoms with Gasteiger partial charge in [-0.2, -0.15) is 0 Å². The van der Waals surface area contributed by atoms with Gasteiger partial charge in [0.05, 0.1) is 31.3 Å². The summed E-state index contributed by atoms with van der Waals surface area (Å²) in [7, 11) is -0.492. The average molecular weight is 589 g/mol. The molecule has 0 amide bonds. The molecule has 1 aromatic rings. The molecule has 234 valence electrons. The van der Waals surface area contributed by atoms with Crippen LogP contribution in [0.3, 0.4) is 0 Å². The van der Waals surface area contributed by atoms with Crippen LogP contribution < -0.4 is 0 Å². The van der Waals surface area contributed by atoms with Crippen LogP contribution in [0.5, 0.6) is 0 Å². The largest absolute Gasteiger partial charge is 0.469 e. The van der Waals surface area contributed by atoms with Crippen molar-refractivity contribution in [1.82, 2.24) is 0 Å². The fourth-order valence-electron chi connectivity index (χ4n) is 7.03. The Kier molecular flexibility index (Phi) is 16.5. The smallest absolute Gasteiger partial charge is 0.311 e. The van der Waals surface area contributed by atoms with Crippen LogP contribution in [0.25, 0.3) is 0 Å². The van der Waals surface area contributed by atoms with E-state index in [1.54, 1.807) is 0 Å². The number of aliphatic hydroxyl groups excluding tert-OH is 1. The fourth-order valence-corrected chi connectivity index (χ4v) is 10.2. The number of methoxy groups -OCH3 is 1. The van der Waals surface area contributed by atoms with Gasteiger partial charge < -0.3 is 19.0 Å². The zero-order chi connectivity index (χ0) is 30.1. The van der Waals surface area contributed by atoms with E-state index in [4.69, 9.17) is 13.9 Å². The van der Waals surface area contributed by atoms with Gasteiger partial charge in [0.2, 0.25) is 0 Å². The average Bonchev–Trinajstić information content (AvgIpc) is 3.39. The number of rotatable bonds is 22. The molecule has 1 aliphatic carbocycles. The quantitative estimate of drug-likeness (QED) is 0.0634. The van der Waals surface area contributed by atoms with Gasteiger partial charge in [-0.05, 0) is 74.1 Å². The van der Waals surface area contributed by atoms with Gasteiger partial charge in [0.15, 0.2) is 8.32 Å². The third-order valence-electron chi connectivity index (χ3n) is 9.79. The van der Waals surface area contributed by atoms with Crippen molar-refractivity contribution in [3.63, 3.8) is 0 Å². The van der Waals surface area contributed by atoms with Gasteiger partial charge in [0.25, 0.3) is 0 Å². The number of aliphatic hydroxyl groups is 1. The lowest BCUT2D eigenvalue weighted by Gasteiger charge is -2.46. The summed E-state index contributed by atoms with van der Waals surface area (Å²) < 4.78 is 18.6. The predicted octanol–water partition coefficient (Wildman–Crippen LogP) is 8.86. The highest BCUT2D eigenvalue weighted by molar-refractivity contribution is 6.73. The molecule has 41 heavy (non-hydrogen) atoms. The van der Waals surface area contributed by atoms with Crippen LogP contribution in [0.4, 0.5) is 0 Å². The summed E-state index contributed by atoms with van der Waals surface area (Å²) in [6.45, 7) is 14.4. The highest BCUT2D eigenvalue weighted by atomic mass is 28.4. The molecule has 6 heteroatoms. The summed E-state index contributed by atoms with van der Waals surface area (Å²) >= 11 is 0. The van der Waals surface area contributed by atoms with Crippen molar-refractivity contribution in [3.8, 4) is 0 Å². The lowest BCUT2D eigenvalue weighted by Crippen LogP contribution is -2.51. The second-order valence-corrected chi connectivity index (χ2v) is 16.9. The zero-order valence-corrected chi connectivity index (χ0v) is 27.9. The molecule has 2 unspecified atom stereocenters. The third-order valence-corrected chi connectivity index (χ3v) is 14.5. The molecule has 1 aliphatic rings. The molecule has 1 fully saturated rings. The second kappa shape index (κ2) is 18.9. The molecule has 5 nitrogen and oxygen atoms in total. The summed E-state index contributed by atoms with van der Waals surface area (Å²) in [5, 5.41) is 11.4. The van der Waals surface area contributed by atoms with Gasteiger partial charge in [-0.25, -0.2) is 0 Å². The molecule has 0 aliphatic heterocycles. The number of unbranched alkanes of at least 4 members (excludes halogenated alkanes) is 3. The van der Waals surface area contributed by atoms with E-state index in [1.165, 1.54) is 45.6 Å². The molecule has 1 saturated carbocycles. The van der Waals surface area contributed by atoms with Crippen molar-refractivity contribution in [2.45, 2.75) is 135 Å². The van der Waals surface area contributed by atoms with Crippen LogP contribution in [0.2, 0.25) is 18.1 Å². The lowest BCUT2D eigenvalue weighted by atomic mass is 9.74. The molecule has 0 radical (unpaired) electrons. The normalized spacial score (nSPS) is 21.4. The van der Waals surface area contributed by atoms with Crippen LogP contribution in [-0.2, 0) is 25.3 Å². The van der Waals surface area contributed by atoms with Crippen LogP contribution in [-0.4, -0.2) is 44.8 Å². The van der Waals surface area contributed by atoms with E-state index in [2.05, 4.69) is 34.3 Å². The first-order valence-electron chi connectivity index (χ1n) is 16.5. The molecule has 0 saturated heterocycles. The molecule has 2 rings (SSSR count). The summed E-state index contributed by atoms with van der Waals surface area (Å²) in [6, 6.07) is 13.4. The zero-order valence-electron chi connectivity index (χ0n) is 26.9. The topological polar surface area (TPSA) is 65.0 Å². The molecule has 0 spiro atoms. The van der Waals surface area contributed by atoms with E-state index in [0.29, 0.717) is 32.0 Å². The number of carbonyl (C=O) groups excluding carboxylic acids is 1. The van der Waals surface area contributed by atoms with Crippen molar-refractivity contribution < 1.29 is 23.8 Å². The maximum absolute atomic E-state index is 13.2. The van der Waals surface area contributed by atoms with Crippen LogP contribution >= 0.6 is 0 Å². The molecular formula is C35H60O5Si. The Morgan fingerprint density at radius 1 is 1.10 bits per heavy atom. The van der Waals surface area contributed by atoms with Gasteiger partial charge in [-0.1, -0.05) is 96.2 Å². The van der Waals surface area contributed by atoms with E-state index in [0.717, 1.165) is 43.0 Å². The Hall–Kier alpha value is -1.47. The summed E-state index contributed by atoms with van der Waals surface area (Å²) in [4.78, 5) is 13.2. The number of hydrogen-bond donors (Lipinski definition) is 1. The molecule has 1 aromatic carbocycles. The third kappa shape index (κ3) is 10.6. The minimum atomic E-state index is -1.92. The van der Waals surface area contributed by atoms with Gasteiger partial charge in [0, 0.05) is 6.61 Å². The Balaban J connectivity index is 2.20. The molecule has 0 aromatic heterocycles. The number of ether oxygens (including phenoxy) is 2. The standard InChI is InChI=1S/C35H60O5Si/c1-7-12-13-17-22-31-23-18-25-35(31,40-41(9-3,10-4)11-5)27-30(8-2)33(34(37)38-6)32(36)24-19-26-39-28-29-20-15-14-16-21-29/h8,14-16,20-21,30-33,36H,2,7,9-13,17-19,22-28H2,1,3-6H3/t30-,31-,32?,33?,35+/m0/s1. The van der Waals surface area contributed by atoms with E-state index < -0.39 is 20.3 Å². The first-order valence-corrected chi connectivity index (χ1v) is 19.1. The van der Waals surface area contributed by atoms with Crippen LogP contribution in [0.1, 0.15) is 104 Å². The second-order valence-electron chi connectivity index (χ2n) is 12.2. The summed E-state index contributed by atoms with van der Waals surface area (Å²) in [6.07, 6.45) is 12.5. The van der Waals surface area contributed by atoms with Gasteiger partial charge in [-0.3, -0.25) is 4.79 Å². The SMILES string of the molecule is C=C[C@@H](C[C@]1(O[Si](CC)(CC)CC)CCC[C@@H]1CCCCCC)C(C(=O)OC)C(O)CCCOCc1ccccc1. The first kappa shape index (κ1) is 35.7. The Morgan fingerprint density at radius 2 is 1.80 bits per heavy atom. The van der Waals surface area contributed by atoms with Gasteiger partial charge in [0.1, 0.15) is 0 Å². The lowest BCUT2D eigenvalue weighted by molar-refractivity contribution is -0.153. The summed E-state index contributed by atoms with van der Waals surface area (Å²) in [5.74, 6) is -0.740. The monoisotopic (exact) mass is 588 g/mol. The highest BCUT2D eigenvalue weighted by Gasteiger charge is 2.50. The predicted molar refractivity (Wildman–Crippen MR) is 172 cm³/mol. The van der Waals surface area contributed by atoms with Crippen molar-refractivity contribution >= 4 is 14.3 Å². The number of esters is 1. The van der Waals surface area contributed by atoms with Crippen LogP contribution in [0, 0.1) is 17.8 Å². The Labute approximate surface area is 252 Å². The van der Waals surface area contributed by atoms with E-state index >= 15 is 0 Å². The van der Waals surface area contributed by atoms with E-state index in [9.17, 15) is 9.90 Å². The number of allylic oxidation sites excluding steroid dienone is 1. The Morgan fingerprint density at radius 3 is 2.41 bits per heavy atom. The maximum Gasteiger partial charge on any atom is 0.311 e. The van der Waals surface area contributed by atoms with Crippen molar-refractivity contribution in [3.05, 3.63) is 48.6 Å². The molecular weight excluding hydrogens is 528 g/mol. The highest BCUT2D eigenvalue weighted by Crippen LogP contribution is 2.50. The van der Waals surface area contributed by atoms with Crippen LogP contribution in [0.15, 0.2) is 43.0 Å². The summed E-state index contributed by atoms with van der Waals surface area (Å²) in [5.41, 5.74) is 0.869.